The molecular formula is C17H17IO3. The number of benzene rings is 2. The Bertz CT molecular complexity index is 596. The summed E-state index contributed by atoms with van der Waals surface area (Å²) in [7, 11) is 0. The van der Waals surface area contributed by atoms with Crippen LogP contribution >= 0.6 is 22.6 Å². The first-order valence-electron chi connectivity index (χ1n) is 6.86. The molecule has 0 aromatic heterocycles. The molecule has 0 heterocycles. The van der Waals surface area contributed by atoms with Crippen molar-refractivity contribution < 1.29 is 14.6 Å². The van der Waals surface area contributed by atoms with Crippen molar-refractivity contribution in [2.75, 3.05) is 6.61 Å². The van der Waals surface area contributed by atoms with Crippen LogP contribution in [0.15, 0.2) is 48.5 Å². The summed E-state index contributed by atoms with van der Waals surface area (Å²) < 4.78 is 6.50. The monoisotopic (exact) mass is 396 g/mol. The maximum atomic E-state index is 11.2. The van der Waals surface area contributed by atoms with Gasteiger partial charge in [0.2, 0.25) is 0 Å². The van der Waals surface area contributed by atoms with Gasteiger partial charge in [0.15, 0.2) is 0 Å². The van der Waals surface area contributed by atoms with Gasteiger partial charge < -0.3 is 9.84 Å². The lowest BCUT2D eigenvalue weighted by Crippen LogP contribution is -2.05. The maximum absolute atomic E-state index is 11.2. The van der Waals surface area contributed by atoms with Gasteiger partial charge in [0.1, 0.15) is 11.3 Å². The Morgan fingerprint density at radius 2 is 1.86 bits per heavy atom. The minimum absolute atomic E-state index is 0.227. The van der Waals surface area contributed by atoms with Gasteiger partial charge in [-0.05, 0) is 65.6 Å². The number of unbranched alkanes of at least 4 members (excludes halogenated alkanes) is 1. The summed E-state index contributed by atoms with van der Waals surface area (Å²) in [5.41, 5.74) is 1.54. The smallest absolute Gasteiger partial charge is 0.339 e. The highest BCUT2D eigenvalue weighted by molar-refractivity contribution is 14.1. The Kier molecular flexibility index (Phi) is 6.04. The zero-order valence-electron chi connectivity index (χ0n) is 11.6. The molecule has 3 nitrogen and oxygen atoms in total. The van der Waals surface area contributed by atoms with Crippen molar-refractivity contribution >= 4 is 28.6 Å². The molecule has 0 unspecified atom stereocenters. The highest BCUT2D eigenvalue weighted by atomic mass is 127. The van der Waals surface area contributed by atoms with E-state index in [0.29, 0.717) is 12.4 Å². The molecule has 2 aromatic rings. The number of hydrogen-bond acceptors (Lipinski definition) is 2. The number of ether oxygens (including phenoxy) is 1. The van der Waals surface area contributed by atoms with Crippen LogP contribution in [0.25, 0.3) is 0 Å². The summed E-state index contributed by atoms with van der Waals surface area (Å²) in [4.78, 5) is 11.2. The molecule has 0 bridgehead atoms. The first-order chi connectivity index (χ1) is 10.2. The minimum atomic E-state index is -0.951. The van der Waals surface area contributed by atoms with Crippen LogP contribution in [0.4, 0.5) is 0 Å². The molecular weight excluding hydrogens is 379 g/mol. The Hall–Kier alpha value is -1.56. The Morgan fingerprint density at radius 1 is 1.10 bits per heavy atom. The van der Waals surface area contributed by atoms with Crippen LogP contribution in [0.3, 0.4) is 0 Å². The zero-order chi connectivity index (χ0) is 15.1. The predicted octanol–water partition coefficient (Wildman–Crippen LogP) is 4.39. The van der Waals surface area contributed by atoms with Gasteiger partial charge in [-0.2, -0.15) is 0 Å². The molecule has 21 heavy (non-hydrogen) atoms. The summed E-state index contributed by atoms with van der Waals surface area (Å²) in [6.07, 6.45) is 2.94. The van der Waals surface area contributed by atoms with Gasteiger partial charge in [-0.25, -0.2) is 4.79 Å². The van der Waals surface area contributed by atoms with Crippen molar-refractivity contribution in [2.45, 2.75) is 19.3 Å². The molecule has 0 fully saturated rings. The van der Waals surface area contributed by atoms with Gasteiger partial charge in [0.25, 0.3) is 0 Å². The molecule has 0 aliphatic carbocycles. The van der Waals surface area contributed by atoms with Crippen LogP contribution in [0.1, 0.15) is 28.8 Å². The number of carboxylic acid groups (broad SMARTS) is 1. The first kappa shape index (κ1) is 15.8. The molecule has 0 atom stereocenters. The van der Waals surface area contributed by atoms with E-state index in [1.165, 1.54) is 5.56 Å². The SMILES string of the molecule is O=C(O)c1cc(I)ccc1OCCCCc1ccccc1. The average molecular weight is 396 g/mol. The summed E-state index contributed by atoms with van der Waals surface area (Å²) in [6, 6.07) is 15.5. The standard InChI is InChI=1S/C17H17IO3/c18-14-9-10-16(15(12-14)17(19)20)21-11-5-4-8-13-6-2-1-3-7-13/h1-3,6-7,9-10,12H,4-5,8,11H2,(H,19,20). The van der Waals surface area contributed by atoms with E-state index in [-0.39, 0.29) is 5.56 Å². The van der Waals surface area contributed by atoms with Crippen molar-refractivity contribution in [1.82, 2.24) is 0 Å². The van der Waals surface area contributed by atoms with Gasteiger partial charge >= 0.3 is 5.97 Å². The van der Waals surface area contributed by atoms with Crippen molar-refractivity contribution in [3.63, 3.8) is 0 Å². The number of carboxylic acids is 1. The molecule has 0 amide bonds. The Balaban J connectivity index is 1.80. The van der Waals surface area contributed by atoms with E-state index in [1.54, 1.807) is 12.1 Å². The number of halogens is 1. The van der Waals surface area contributed by atoms with Gasteiger partial charge in [-0.3, -0.25) is 0 Å². The fourth-order valence-electron chi connectivity index (χ4n) is 2.05. The molecule has 2 rings (SSSR count). The van der Waals surface area contributed by atoms with E-state index >= 15 is 0 Å². The van der Waals surface area contributed by atoms with Gasteiger partial charge in [0.05, 0.1) is 6.61 Å². The molecule has 0 saturated heterocycles. The van der Waals surface area contributed by atoms with Crippen molar-refractivity contribution in [1.29, 1.82) is 0 Å². The molecule has 1 N–H and O–H groups in total. The van der Waals surface area contributed by atoms with Crippen molar-refractivity contribution in [3.8, 4) is 5.75 Å². The number of aromatic carboxylic acids is 1. The van der Waals surface area contributed by atoms with Crippen LogP contribution < -0.4 is 4.74 Å². The van der Waals surface area contributed by atoms with Crippen LogP contribution in [0, 0.1) is 3.57 Å². The van der Waals surface area contributed by atoms with E-state index in [2.05, 4.69) is 34.7 Å². The molecule has 110 valence electrons. The molecule has 0 aliphatic heterocycles. The second-order valence-electron chi connectivity index (χ2n) is 4.74. The predicted molar refractivity (Wildman–Crippen MR) is 91.0 cm³/mol. The number of aryl methyl sites for hydroxylation is 1. The Labute approximate surface area is 138 Å². The largest absolute Gasteiger partial charge is 0.493 e. The number of rotatable bonds is 7. The highest BCUT2D eigenvalue weighted by Gasteiger charge is 2.11. The van der Waals surface area contributed by atoms with E-state index in [1.807, 2.05) is 24.3 Å². The van der Waals surface area contributed by atoms with Gasteiger partial charge in [0, 0.05) is 3.57 Å². The van der Waals surface area contributed by atoms with Crippen LogP contribution in [0.2, 0.25) is 0 Å². The quantitative estimate of drug-likeness (QED) is 0.558. The van der Waals surface area contributed by atoms with E-state index in [9.17, 15) is 4.79 Å². The number of carbonyl (C=O) groups is 1. The fraction of sp³-hybridized carbons (Fsp3) is 0.235. The third-order valence-corrected chi connectivity index (χ3v) is 3.80. The normalized spacial score (nSPS) is 10.3. The lowest BCUT2D eigenvalue weighted by molar-refractivity contribution is 0.0692. The molecule has 0 saturated carbocycles. The summed E-state index contributed by atoms with van der Waals surface area (Å²) in [6.45, 7) is 0.535. The topological polar surface area (TPSA) is 46.5 Å². The van der Waals surface area contributed by atoms with E-state index < -0.39 is 5.97 Å². The third-order valence-electron chi connectivity index (χ3n) is 3.13. The lowest BCUT2D eigenvalue weighted by Gasteiger charge is -2.09. The fourth-order valence-corrected chi connectivity index (χ4v) is 2.54. The third kappa shape index (κ3) is 5.04. The second-order valence-corrected chi connectivity index (χ2v) is 5.98. The van der Waals surface area contributed by atoms with Gasteiger partial charge in [-0.15, -0.1) is 0 Å². The van der Waals surface area contributed by atoms with E-state index in [0.717, 1.165) is 22.8 Å². The lowest BCUT2D eigenvalue weighted by atomic mass is 10.1. The highest BCUT2D eigenvalue weighted by Crippen LogP contribution is 2.21. The second kappa shape index (κ2) is 8.02. The average Bonchev–Trinajstić information content (AvgIpc) is 2.49. The maximum Gasteiger partial charge on any atom is 0.339 e. The van der Waals surface area contributed by atoms with Crippen LogP contribution in [-0.2, 0) is 6.42 Å². The summed E-state index contributed by atoms with van der Waals surface area (Å²) in [5.74, 6) is -0.504. The zero-order valence-corrected chi connectivity index (χ0v) is 13.7. The minimum Gasteiger partial charge on any atom is -0.493 e. The molecule has 0 radical (unpaired) electrons. The van der Waals surface area contributed by atoms with E-state index in [4.69, 9.17) is 9.84 Å². The molecule has 0 aliphatic rings. The van der Waals surface area contributed by atoms with Crippen molar-refractivity contribution in [2.24, 2.45) is 0 Å². The summed E-state index contributed by atoms with van der Waals surface area (Å²) >= 11 is 2.09. The Morgan fingerprint density at radius 3 is 2.57 bits per heavy atom. The summed E-state index contributed by atoms with van der Waals surface area (Å²) in [5, 5.41) is 9.16. The van der Waals surface area contributed by atoms with Gasteiger partial charge in [-0.1, -0.05) is 30.3 Å². The first-order valence-corrected chi connectivity index (χ1v) is 7.94. The molecule has 4 heteroatoms. The number of hydrogen-bond donors (Lipinski definition) is 1. The molecule has 2 aromatic carbocycles. The van der Waals surface area contributed by atoms with Crippen molar-refractivity contribution in [3.05, 3.63) is 63.2 Å². The van der Waals surface area contributed by atoms with Crippen LogP contribution in [0.5, 0.6) is 5.75 Å². The van der Waals surface area contributed by atoms with Crippen LogP contribution in [-0.4, -0.2) is 17.7 Å². The molecule has 0 spiro atoms.